The molecule has 1 N–H and O–H groups in total. The molecule has 0 aromatic carbocycles. The van der Waals surface area contributed by atoms with Crippen LogP contribution in [-0.2, 0) is 13.5 Å². The second-order valence-corrected chi connectivity index (χ2v) is 5.20. The molecule has 0 unspecified atom stereocenters. The lowest BCUT2D eigenvalue weighted by Gasteiger charge is -2.15. The molecule has 114 valence electrons. The molecule has 1 atom stereocenters. The smallest absolute Gasteiger partial charge is 0.218 e. The van der Waals surface area contributed by atoms with Crippen LogP contribution in [-0.4, -0.2) is 32.4 Å². The summed E-state index contributed by atoms with van der Waals surface area (Å²) >= 11 is 0. The molecule has 2 rings (SSSR count). The van der Waals surface area contributed by atoms with Gasteiger partial charge in [0.1, 0.15) is 12.1 Å². The molecule has 0 saturated heterocycles. The summed E-state index contributed by atoms with van der Waals surface area (Å²) in [5.74, 6) is 1.37. The molecule has 6 heteroatoms. The Balaban J connectivity index is 2.04. The number of anilines is 1. The number of ether oxygens (including phenoxy) is 1. The van der Waals surface area contributed by atoms with E-state index in [1.54, 1.807) is 0 Å². The van der Waals surface area contributed by atoms with E-state index in [-0.39, 0.29) is 6.04 Å². The Hall–Kier alpha value is -2.11. The molecular weight excluding hydrogens is 266 g/mol. The standard InChI is InChI=1S/C15H23N5O/c1-6-21-15-8-14(16-9-17-15)18-10(2)7-13-11(3)19-20(5)12(13)4/h8-10H,6-7H2,1-5H3,(H,16,17,18)/t10-/m0/s1. The quantitative estimate of drug-likeness (QED) is 0.883. The highest BCUT2D eigenvalue weighted by molar-refractivity contribution is 5.39. The zero-order valence-corrected chi connectivity index (χ0v) is 13.3. The minimum absolute atomic E-state index is 0.246. The Morgan fingerprint density at radius 3 is 2.71 bits per heavy atom. The molecule has 0 aliphatic heterocycles. The van der Waals surface area contributed by atoms with Crippen LogP contribution in [0.2, 0.25) is 0 Å². The van der Waals surface area contributed by atoms with Crippen molar-refractivity contribution in [2.45, 2.75) is 40.2 Å². The van der Waals surface area contributed by atoms with E-state index in [1.807, 2.05) is 31.6 Å². The first kappa shape index (κ1) is 15.3. The number of nitrogens with one attached hydrogen (secondary N) is 1. The molecule has 0 saturated carbocycles. The maximum absolute atomic E-state index is 5.38. The molecule has 0 amide bonds. The van der Waals surface area contributed by atoms with Crippen LogP contribution in [0.25, 0.3) is 0 Å². The predicted molar refractivity (Wildman–Crippen MR) is 82.7 cm³/mol. The third-order valence-electron chi connectivity index (χ3n) is 3.50. The van der Waals surface area contributed by atoms with E-state index >= 15 is 0 Å². The summed E-state index contributed by atoms with van der Waals surface area (Å²) in [4.78, 5) is 8.30. The molecule has 0 aliphatic rings. The molecule has 2 heterocycles. The Morgan fingerprint density at radius 2 is 2.10 bits per heavy atom. The first-order chi connectivity index (χ1) is 10.0. The molecular formula is C15H23N5O. The van der Waals surface area contributed by atoms with Gasteiger partial charge in [-0.15, -0.1) is 0 Å². The van der Waals surface area contributed by atoms with E-state index in [0.29, 0.717) is 12.5 Å². The highest BCUT2D eigenvalue weighted by Crippen LogP contribution is 2.17. The van der Waals surface area contributed by atoms with Gasteiger partial charge < -0.3 is 10.1 Å². The second-order valence-electron chi connectivity index (χ2n) is 5.20. The molecule has 21 heavy (non-hydrogen) atoms. The minimum Gasteiger partial charge on any atom is -0.478 e. The van der Waals surface area contributed by atoms with Gasteiger partial charge in [-0.3, -0.25) is 4.68 Å². The van der Waals surface area contributed by atoms with E-state index < -0.39 is 0 Å². The third-order valence-corrected chi connectivity index (χ3v) is 3.50. The number of rotatable bonds is 6. The second kappa shape index (κ2) is 6.56. The molecule has 0 bridgehead atoms. The van der Waals surface area contributed by atoms with E-state index in [1.165, 1.54) is 17.6 Å². The van der Waals surface area contributed by atoms with Crippen molar-refractivity contribution in [2.75, 3.05) is 11.9 Å². The van der Waals surface area contributed by atoms with Crippen molar-refractivity contribution >= 4 is 5.82 Å². The first-order valence-electron chi connectivity index (χ1n) is 7.21. The fraction of sp³-hybridized carbons (Fsp3) is 0.533. The van der Waals surface area contributed by atoms with Crippen LogP contribution in [0.3, 0.4) is 0 Å². The summed E-state index contributed by atoms with van der Waals surface area (Å²) in [6.45, 7) is 8.81. The average Bonchev–Trinajstić information content (AvgIpc) is 2.66. The van der Waals surface area contributed by atoms with Gasteiger partial charge in [0.25, 0.3) is 0 Å². The molecule has 0 radical (unpaired) electrons. The molecule has 0 aliphatic carbocycles. The van der Waals surface area contributed by atoms with Crippen molar-refractivity contribution < 1.29 is 4.74 Å². The summed E-state index contributed by atoms with van der Waals surface area (Å²) in [5, 5.41) is 7.84. The lowest BCUT2D eigenvalue weighted by Crippen LogP contribution is -2.19. The lowest BCUT2D eigenvalue weighted by molar-refractivity contribution is 0.326. The van der Waals surface area contributed by atoms with Crippen LogP contribution in [0, 0.1) is 13.8 Å². The number of hydrogen-bond donors (Lipinski definition) is 1. The van der Waals surface area contributed by atoms with Crippen molar-refractivity contribution in [1.82, 2.24) is 19.7 Å². The lowest BCUT2D eigenvalue weighted by atomic mass is 10.1. The van der Waals surface area contributed by atoms with Crippen LogP contribution >= 0.6 is 0 Å². The monoisotopic (exact) mass is 289 g/mol. The molecule has 2 aromatic heterocycles. The number of hydrogen-bond acceptors (Lipinski definition) is 5. The van der Waals surface area contributed by atoms with Crippen molar-refractivity contribution in [1.29, 1.82) is 0 Å². The topological polar surface area (TPSA) is 64.9 Å². The van der Waals surface area contributed by atoms with Gasteiger partial charge in [0, 0.05) is 24.8 Å². The number of aromatic nitrogens is 4. The van der Waals surface area contributed by atoms with Crippen LogP contribution in [0.15, 0.2) is 12.4 Å². The Bertz CT molecular complexity index is 608. The fourth-order valence-corrected chi connectivity index (χ4v) is 2.37. The van der Waals surface area contributed by atoms with Gasteiger partial charge in [-0.2, -0.15) is 5.10 Å². The van der Waals surface area contributed by atoms with E-state index in [4.69, 9.17) is 4.74 Å². The Kier molecular flexibility index (Phi) is 4.77. The van der Waals surface area contributed by atoms with Gasteiger partial charge in [0.2, 0.25) is 5.88 Å². The Morgan fingerprint density at radius 1 is 1.33 bits per heavy atom. The average molecular weight is 289 g/mol. The van der Waals surface area contributed by atoms with Crippen molar-refractivity contribution in [3.8, 4) is 5.88 Å². The summed E-state index contributed by atoms with van der Waals surface area (Å²) in [7, 11) is 1.97. The van der Waals surface area contributed by atoms with Gasteiger partial charge in [-0.1, -0.05) is 0 Å². The predicted octanol–water partition coefficient (Wildman–Crippen LogP) is 2.27. The third kappa shape index (κ3) is 3.71. The van der Waals surface area contributed by atoms with Gasteiger partial charge >= 0.3 is 0 Å². The summed E-state index contributed by atoms with van der Waals surface area (Å²) < 4.78 is 7.31. The fourth-order valence-electron chi connectivity index (χ4n) is 2.37. The van der Waals surface area contributed by atoms with Crippen molar-refractivity contribution in [3.63, 3.8) is 0 Å². The minimum atomic E-state index is 0.246. The van der Waals surface area contributed by atoms with E-state index in [2.05, 4.69) is 34.2 Å². The molecule has 0 spiro atoms. The van der Waals surface area contributed by atoms with Crippen LogP contribution in [0.5, 0.6) is 5.88 Å². The summed E-state index contributed by atoms with van der Waals surface area (Å²) in [6, 6.07) is 2.07. The van der Waals surface area contributed by atoms with Crippen LogP contribution in [0.4, 0.5) is 5.82 Å². The normalized spacial score (nSPS) is 12.2. The molecule has 0 fully saturated rings. The summed E-state index contributed by atoms with van der Waals surface area (Å²) in [6.07, 6.45) is 2.42. The van der Waals surface area contributed by atoms with Gasteiger partial charge in [-0.05, 0) is 39.7 Å². The largest absolute Gasteiger partial charge is 0.478 e. The highest BCUT2D eigenvalue weighted by atomic mass is 16.5. The highest BCUT2D eigenvalue weighted by Gasteiger charge is 2.13. The van der Waals surface area contributed by atoms with Gasteiger partial charge in [0.15, 0.2) is 0 Å². The van der Waals surface area contributed by atoms with Crippen LogP contribution < -0.4 is 10.1 Å². The van der Waals surface area contributed by atoms with Crippen molar-refractivity contribution in [3.05, 3.63) is 29.3 Å². The van der Waals surface area contributed by atoms with Gasteiger partial charge in [-0.25, -0.2) is 9.97 Å². The van der Waals surface area contributed by atoms with E-state index in [0.717, 1.165) is 17.9 Å². The number of aryl methyl sites for hydroxylation is 2. The van der Waals surface area contributed by atoms with E-state index in [9.17, 15) is 0 Å². The number of nitrogens with zero attached hydrogens (tertiary/aromatic N) is 4. The maximum atomic E-state index is 5.38. The van der Waals surface area contributed by atoms with Crippen LogP contribution in [0.1, 0.15) is 30.8 Å². The SMILES string of the molecule is CCOc1cc(N[C@@H](C)Cc2c(C)nn(C)c2C)ncn1. The molecule has 2 aromatic rings. The maximum Gasteiger partial charge on any atom is 0.218 e. The first-order valence-corrected chi connectivity index (χ1v) is 7.21. The molecule has 6 nitrogen and oxygen atoms in total. The van der Waals surface area contributed by atoms with Crippen molar-refractivity contribution in [2.24, 2.45) is 7.05 Å². The zero-order chi connectivity index (χ0) is 15.4. The zero-order valence-electron chi connectivity index (χ0n) is 13.3. The Labute approximate surface area is 125 Å². The van der Waals surface area contributed by atoms with Gasteiger partial charge in [0.05, 0.1) is 12.3 Å². The summed E-state index contributed by atoms with van der Waals surface area (Å²) in [5.41, 5.74) is 3.58.